The molecule has 0 saturated heterocycles. The van der Waals surface area contributed by atoms with E-state index in [-0.39, 0.29) is 12.5 Å². The summed E-state index contributed by atoms with van der Waals surface area (Å²) in [4.78, 5) is 0. The van der Waals surface area contributed by atoms with E-state index in [2.05, 4.69) is 39.8 Å². The molecule has 0 radical (unpaired) electrons. The smallest absolute Gasteiger partial charge is 0.0471 e. The standard InChI is InChI=1S/C16H27NO/c1-5-15(8-14(9-17)10-18)16-12(3)6-11(2)7-13(16)4/h6-7,14-15,18H,5,8-10,17H2,1-4H3. The molecule has 1 aromatic rings. The van der Waals surface area contributed by atoms with Crippen LogP contribution in [0.3, 0.4) is 0 Å². The molecule has 2 nitrogen and oxygen atoms in total. The van der Waals surface area contributed by atoms with Gasteiger partial charge in [0.05, 0.1) is 0 Å². The van der Waals surface area contributed by atoms with Gasteiger partial charge in [-0.3, -0.25) is 0 Å². The Morgan fingerprint density at radius 2 is 1.72 bits per heavy atom. The Morgan fingerprint density at radius 3 is 2.11 bits per heavy atom. The molecule has 2 atom stereocenters. The van der Waals surface area contributed by atoms with E-state index in [1.54, 1.807) is 0 Å². The van der Waals surface area contributed by atoms with Crippen LogP contribution in [0.4, 0.5) is 0 Å². The number of rotatable bonds is 6. The van der Waals surface area contributed by atoms with Crippen LogP contribution in [0, 0.1) is 26.7 Å². The number of hydrogen-bond acceptors (Lipinski definition) is 2. The van der Waals surface area contributed by atoms with E-state index < -0.39 is 0 Å². The van der Waals surface area contributed by atoms with Crippen LogP contribution in [0.15, 0.2) is 12.1 Å². The third-order valence-corrected chi connectivity index (χ3v) is 3.85. The molecule has 2 heteroatoms. The van der Waals surface area contributed by atoms with Gasteiger partial charge in [-0.25, -0.2) is 0 Å². The van der Waals surface area contributed by atoms with Crippen molar-refractivity contribution in [2.45, 2.75) is 46.5 Å². The lowest BCUT2D eigenvalue weighted by atomic mass is 9.82. The van der Waals surface area contributed by atoms with Gasteiger partial charge in [-0.1, -0.05) is 24.6 Å². The summed E-state index contributed by atoms with van der Waals surface area (Å²) in [5.41, 5.74) is 11.2. The second-order valence-corrected chi connectivity index (χ2v) is 5.44. The lowest BCUT2D eigenvalue weighted by Crippen LogP contribution is -2.21. The Kier molecular flexibility index (Phi) is 5.83. The maximum atomic E-state index is 9.32. The SMILES string of the molecule is CCC(CC(CN)CO)c1c(C)cc(C)cc1C. The van der Waals surface area contributed by atoms with Crippen molar-refractivity contribution in [1.29, 1.82) is 0 Å². The van der Waals surface area contributed by atoms with Crippen LogP contribution in [0.25, 0.3) is 0 Å². The third kappa shape index (κ3) is 3.56. The van der Waals surface area contributed by atoms with Crippen LogP contribution in [-0.4, -0.2) is 18.3 Å². The quantitative estimate of drug-likeness (QED) is 0.814. The van der Waals surface area contributed by atoms with Crippen LogP contribution >= 0.6 is 0 Å². The number of nitrogens with two attached hydrogens (primary N) is 1. The number of aryl methyl sites for hydroxylation is 3. The van der Waals surface area contributed by atoms with E-state index in [9.17, 15) is 5.11 Å². The molecule has 0 saturated carbocycles. The minimum atomic E-state index is 0.191. The molecule has 0 bridgehead atoms. The molecule has 0 aromatic heterocycles. The largest absolute Gasteiger partial charge is 0.396 e. The number of benzene rings is 1. The molecule has 0 aliphatic carbocycles. The number of aliphatic hydroxyl groups is 1. The highest BCUT2D eigenvalue weighted by molar-refractivity contribution is 5.39. The molecule has 0 heterocycles. The van der Waals surface area contributed by atoms with Gasteiger partial charge in [0.2, 0.25) is 0 Å². The molecule has 3 N–H and O–H groups in total. The van der Waals surface area contributed by atoms with Crippen LogP contribution < -0.4 is 5.73 Å². The van der Waals surface area contributed by atoms with Gasteiger partial charge in [-0.2, -0.15) is 0 Å². The first-order valence-electron chi connectivity index (χ1n) is 6.92. The van der Waals surface area contributed by atoms with Crippen molar-refractivity contribution >= 4 is 0 Å². The molecule has 18 heavy (non-hydrogen) atoms. The number of hydrogen-bond donors (Lipinski definition) is 2. The zero-order chi connectivity index (χ0) is 13.7. The second-order valence-electron chi connectivity index (χ2n) is 5.44. The Labute approximate surface area is 111 Å². The molecule has 0 fully saturated rings. The predicted octanol–water partition coefficient (Wildman–Crippen LogP) is 3.06. The molecule has 0 aliphatic rings. The molecular formula is C16H27NO. The topological polar surface area (TPSA) is 46.2 Å². The fourth-order valence-electron chi connectivity index (χ4n) is 2.97. The first-order chi connectivity index (χ1) is 8.53. The Hall–Kier alpha value is -0.860. The van der Waals surface area contributed by atoms with Crippen molar-refractivity contribution in [3.63, 3.8) is 0 Å². The predicted molar refractivity (Wildman–Crippen MR) is 77.9 cm³/mol. The summed E-state index contributed by atoms with van der Waals surface area (Å²) in [7, 11) is 0. The summed E-state index contributed by atoms with van der Waals surface area (Å²) >= 11 is 0. The summed E-state index contributed by atoms with van der Waals surface area (Å²) < 4.78 is 0. The summed E-state index contributed by atoms with van der Waals surface area (Å²) in [5.74, 6) is 0.723. The first kappa shape index (κ1) is 15.2. The van der Waals surface area contributed by atoms with Gasteiger partial charge in [0.15, 0.2) is 0 Å². The maximum Gasteiger partial charge on any atom is 0.0471 e. The zero-order valence-electron chi connectivity index (χ0n) is 12.2. The molecule has 1 rings (SSSR count). The van der Waals surface area contributed by atoms with Crippen LogP contribution in [0.1, 0.15) is 47.9 Å². The van der Waals surface area contributed by atoms with Gasteiger partial charge >= 0.3 is 0 Å². The normalized spacial score (nSPS) is 14.6. The van der Waals surface area contributed by atoms with Crippen molar-refractivity contribution in [2.75, 3.05) is 13.2 Å². The molecule has 102 valence electrons. The molecule has 0 amide bonds. The van der Waals surface area contributed by atoms with E-state index in [1.165, 1.54) is 22.3 Å². The van der Waals surface area contributed by atoms with E-state index in [0.29, 0.717) is 12.5 Å². The monoisotopic (exact) mass is 249 g/mol. The summed E-state index contributed by atoms with van der Waals surface area (Å²) in [6, 6.07) is 4.50. The highest BCUT2D eigenvalue weighted by atomic mass is 16.3. The molecule has 0 aliphatic heterocycles. The van der Waals surface area contributed by atoms with E-state index in [1.807, 2.05) is 0 Å². The van der Waals surface area contributed by atoms with Gasteiger partial charge < -0.3 is 10.8 Å². The van der Waals surface area contributed by atoms with Crippen LogP contribution in [0.5, 0.6) is 0 Å². The van der Waals surface area contributed by atoms with Crippen molar-refractivity contribution < 1.29 is 5.11 Å². The van der Waals surface area contributed by atoms with Crippen molar-refractivity contribution in [1.82, 2.24) is 0 Å². The van der Waals surface area contributed by atoms with Crippen molar-refractivity contribution in [2.24, 2.45) is 11.7 Å². The third-order valence-electron chi connectivity index (χ3n) is 3.85. The lowest BCUT2D eigenvalue weighted by molar-refractivity contribution is 0.214. The fraction of sp³-hybridized carbons (Fsp3) is 0.625. The molecule has 0 spiro atoms. The Bertz CT molecular complexity index is 360. The highest BCUT2D eigenvalue weighted by Crippen LogP contribution is 2.32. The average Bonchev–Trinajstić information content (AvgIpc) is 2.32. The van der Waals surface area contributed by atoms with Gasteiger partial charge in [-0.05, 0) is 68.7 Å². The minimum absolute atomic E-state index is 0.191. The van der Waals surface area contributed by atoms with Gasteiger partial charge in [0, 0.05) is 6.61 Å². The van der Waals surface area contributed by atoms with Crippen LogP contribution in [0.2, 0.25) is 0 Å². The van der Waals surface area contributed by atoms with Crippen LogP contribution in [-0.2, 0) is 0 Å². The Balaban J connectivity index is 3.01. The van der Waals surface area contributed by atoms with E-state index in [4.69, 9.17) is 5.73 Å². The summed E-state index contributed by atoms with van der Waals surface area (Å²) in [6.07, 6.45) is 2.08. The molecule has 2 unspecified atom stereocenters. The molecular weight excluding hydrogens is 222 g/mol. The zero-order valence-corrected chi connectivity index (χ0v) is 12.2. The maximum absolute atomic E-state index is 9.32. The second kappa shape index (κ2) is 6.91. The van der Waals surface area contributed by atoms with E-state index >= 15 is 0 Å². The average molecular weight is 249 g/mol. The van der Waals surface area contributed by atoms with Gasteiger partial charge in [0.1, 0.15) is 0 Å². The van der Waals surface area contributed by atoms with Gasteiger partial charge in [-0.15, -0.1) is 0 Å². The fourth-order valence-corrected chi connectivity index (χ4v) is 2.97. The van der Waals surface area contributed by atoms with Gasteiger partial charge in [0.25, 0.3) is 0 Å². The van der Waals surface area contributed by atoms with Crippen molar-refractivity contribution in [3.8, 4) is 0 Å². The number of aliphatic hydroxyl groups excluding tert-OH is 1. The van der Waals surface area contributed by atoms with Crippen molar-refractivity contribution in [3.05, 3.63) is 34.4 Å². The van der Waals surface area contributed by atoms with E-state index in [0.717, 1.165) is 12.8 Å². The Morgan fingerprint density at radius 1 is 1.17 bits per heavy atom. The first-order valence-corrected chi connectivity index (χ1v) is 6.92. The highest BCUT2D eigenvalue weighted by Gasteiger charge is 2.18. The molecule has 1 aromatic carbocycles. The summed E-state index contributed by atoms with van der Waals surface area (Å²) in [5, 5.41) is 9.32. The summed E-state index contributed by atoms with van der Waals surface area (Å²) in [6.45, 7) is 9.49. The minimum Gasteiger partial charge on any atom is -0.396 e. The lowest BCUT2D eigenvalue weighted by Gasteiger charge is -2.24.